The van der Waals surface area contributed by atoms with Crippen LogP contribution in [0.1, 0.15) is 17.3 Å². The number of hydrogen-bond donors (Lipinski definition) is 2. The summed E-state index contributed by atoms with van der Waals surface area (Å²) in [5.41, 5.74) is 0.657. The Balaban J connectivity index is 1.46. The van der Waals surface area contributed by atoms with Gasteiger partial charge in [0.1, 0.15) is 12.4 Å². The first kappa shape index (κ1) is 19.2. The van der Waals surface area contributed by atoms with E-state index in [0.29, 0.717) is 17.2 Å². The molecule has 0 aliphatic carbocycles. The largest absolute Gasteiger partial charge is 0.454 e. The van der Waals surface area contributed by atoms with Crippen LogP contribution < -0.4 is 20.1 Å². The van der Waals surface area contributed by atoms with Crippen molar-refractivity contribution in [2.24, 2.45) is 0 Å². The Labute approximate surface area is 159 Å². The maximum atomic E-state index is 12.8. The van der Waals surface area contributed by atoms with E-state index in [2.05, 4.69) is 10.6 Å². The number of benzene rings is 2. The third-order valence-corrected chi connectivity index (χ3v) is 3.82. The van der Waals surface area contributed by atoms with Crippen LogP contribution in [-0.2, 0) is 14.3 Å². The maximum Gasteiger partial charge on any atom is 0.326 e. The predicted octanol–water partition coefficient (Wildman–Crippen LogP) is 1.85. The lowest BCUT2D eigenvalue weighted by molar-refractivity contribution is -0.152. The Bertz CT molecular complexity index is 900. The molecule has 2 aromatic rings. The quantitative estimate of drug-likeness (QED) is 0.733. The van der Waals surface area contributed by atoms with Gasteiger partial charge in [-0.05, 0) is 43.3 Å². The number of anilines is 1. The molecule has 0 radical (unpaired) electrons. The second kappa shape index (κ2) is 8.38. The molecule has 146 valence electrons. The van der Waals surface area contributed by atoms with Crippen LogP contribution in [0.4, 0.5) is 10.1 Å². The molecule has 0 spiro atoms. The zero-order valence-electron chi connectivity index (χ0n) is 14.9. The Kier molecular flexibility index (Phi) is 5.73. The minimum Gasteiger partial charge on any atom is -0.454 e. The third kappa shape index (κ3) is 4.76. The molecule has 1 aliphatic rings. The van der Waals surface area contributed by atoms with Gasteiger partial charge in [-0.25, -0.2) is 4.39 Å². The molecule has 1 atom stereocenters. The van der Waals surface area contributed by atoms with Crippen LogP contribution >= 0.6 is 0 Å². The fraction of sp³-hybridized carbons (Fsp3) is 0.211. The number of rotatable bonds is 6. The minimum absolute atomic E-state index is 0.115. The van der Waals surface area contributed by atoms with Gasteiger partial charge in [0.25, 0.3) is 11.8 Å². The van der Waals surface area contributed by atoms with E-state index in [9.17, 15) is 18.8 Å². The molecule has 1 aliphatic heterocycles. The first-order chi connectivity index (χ1) is 13.4. The summed E-state index contributed by atoms with van der Waals surface area (Å²) >= 11 is 0. The van der Waals surface area contributed by atoms with Crippen molar-refractivity contribution in [1.82, 2.24) is 5.32 Å². The van der Waals surface area contributed by atoms with E-state index in [1.807, 2.05) is 0 Å². The third-order valence-electron chi connectivity index (χ3n) is 3.82. The average Bonchev–Trinajstić information content (AvgIpc) is 3.14. The van der Waals surface area contributed by atoms with Crippen molar-refractivity contribution in [3.8, 4) is 11.5 Å². The number of carbonyl (C=O) groups excluding carboxylic acids is 3. The van der Waals surface area contributed by atoms with Crippen molar-refractivity contribution in [2.45, 2.75) is 13.0 Å². The highest BCUT2D eigenvalue weighted by atomic mass is 19.1. The SMILES string of the molecule is C[C@H](OC(=O)CNC(=O)c1ccc(F)cc1)C(=O)Nc1ccc2c(c1)OCO2. The topological polar surface area (TPSA) is 103 Å². The minimum atomic E-state index is -1.08. The predicted molar refractivity (Wildman–Crippen MR) is 95.5 cm³/mol. The van der Waals surface area contributed by atoms with Crippen LogP contribution in [0.2, 0.25) is 0 Å². The monoisotopic (exact) mass is 388 g/mol. The molecule has 0 saturated heterocycles. The van der Waals surface area contributed by atoms with Crippen LogP contribution in [0.15, 0.2) is 42.5 Å². The number of hydrogen-bond acceptors (Lipinski definition) is 6. The van der Waals surface area contributed by atoms with Gasteiger partial charge in [-0.2, -0.15) is 0 Å². The number of nitrogens with one attached hydrogen (secondary N) is 2. The summed E-state index contributed by atoms with van der Waals surface area (Å²) in [6, 6.07) is 9.72. The van der Waals surface area contributed by atoms with E-state index in [4.69, 9.17) is 14.2 Å². The van der Waals surface area contributed by atoms with E-state index in [0.717, 1.165) is 12.1 Å². The first-order valence-corrected chi connectivity index (χ1v) is 8.36. The van der Waals surface area contributed by atoms with Crippen LogP contribution in [-0.4, -0.2) is 37.2 Å². The molecule has 0 fully saturated rings. The van der Waals surface area contributed by atoms with Crippen LogP contribution in [0.3, 0.4) is 0 Å². The molecule has 0 saturated carbocycles. The van der Waals surface area contributed by atoms with Crippen molar-refractivity contribution in [3.63, 3.8) is 0 Å². The second-order valence-corrected chi connectivity index (χ2v) is 5.88. The van der Waals surface area contributed by atoms with Crippen molar-refractivity contribution < 1.29 is 33.0 Å². The van der Waals surface area contributed by atoms with E-state index in [1.54, 1.807) is 18.2 Å². The fourth-order valence-corrected chi connectivity index (χ4v) is 2.37. The molecule has 3 rings (SSSR count). The number of halogens is 1. The van der Waals surface area contributed by atoms with Gasteiger partial charge < -0.3 is 24.8 Å². The smallest absolute Gasteiger partial charge is 0.326 e. The molecule has 0 aromatic heterocycles. The standard InChI is InChI=1S/C19H17FN2O6/c1-11(18(24)22-14-6-7-15-16(8-14)27-10-26-15)28-17(23)9-21-19(25)12-2-4-13(20)5-3-12/h2-8,11H,9-10H2,1H3,(H,21,25)(H,22,24)/t11-/m0/s1. The van der Waals surface area contributed by atoms with Crippen molar-refractivity contribution in [1.29, 1.82) is 0 Å². The Hall–Kier alpha value is -3.62. The van der Waals surface area contributed by atoms with Gasteiger partial charge in [0.2, 0.25) is 6.79 Å². The maximum absolute atomic E-state index is 12.8. The molecular formula is C19H17FN2O6. The summed E-state index contributed by atoms with van der Waals surface area (Å²) in [6.45, 7) is 1.09. The highest BCUT2D eigenvalue weighted by Gasteiger charge is 2.20. The lowest BCUT2D eigenvalue weighted by Gasteiger charge is -2.14. The summed E-state index contributed by atoms with van der Waals surface area (Å²) in [6.07, 6.45) is -1.08. The number of ether oxygens (including phenoxy) is 3. The second-order valence-electron chi connectivity index (χ2n) is 5.88. The number of amides is 2. The van der Waals surface area contributed by atoms with Gasteiger partial charge >= 0.3 is 5.97 Å². The van der Waals surface area contributed by atoms with E-state index in [-0.39, 0.29) is 12.4 Å². The number of fused-ring (bicyclic) bond motifs is 1. The van der Waals surface area contributed by atoms with Crippen molar-refractivity contribution in [3.05, 3.63) is 53.8 Å². The molecule has 1 heterocycles. The summed E-state index contributed by atoms with van der Waals surface area (Å²) < 4.78 is 28.3. The molecule has 2 N–H and O–H groups in total. The first-order valence-electron chi connectivity index (χ1n) is 8.36. The molecule has 0 unspecified atom stereocenters. The van der Waals surface area contributed by atoms with Gasteiger partial charge in [-0.1, -0.05) is 0 Å². The fourth-order valence-electron chi connectivity index (χ4n) is 2.37. The van der Waals surface area contributed by atoms with Gasteiger partial charge in [0, 0.05) is 17.3 Å². The van der Waals surface area contributed by atoms with Gasteiger partial charge in [0.15, 0.2) is 17.6 Å². The van der Waals surface area contributed by atoms with Crippen molar-refractivity contribution >= 4 is 23.5 Å². The van der Waals surface area contributed by atoms with Crippen LogP contribution in [0.25, 0.3) is 0 Å². The molecular weight excluding hydrogens is 371 g/mol. The zero-order chi connectivity index (χ0) is 20.1. The van der Waals surface area contributed by atoms with Crippen molar-refractivity contribution in [2.75, 3.05) is 18.7 Å². The number of carbonyl (C=O) groups is 3. The van der Waals surface area contributed by atoms with Gasteiger partial charge in [-0.15, -0.1) is 0 Å². The Morgan fingerprint density at radius 1 is 1.11 bits per heavy atom. The molecule has 9 heteroatoms. The molecule has 0 bridgehead atoms. The summed E-state index contributed by atoms with van der Waals surface area (Å²) in [5, 5.41) is 4.94. The summed E-state index contributed by atoms with van der Waals surface area (Å²) in [5.74, 6) is -1.28. The molecule has 28 heavy (non-hydrogen) atoms. The highest BCUT2D eigenvalue weighted by molar-refractivity contribution is 5.97. The van der Waals surface area contributed by atoms with E-state index < -0.39 is 36.2 Å². The Morgan fingerprint density at radius 3 is 2.57 bits per heavy atom. The average molecular weight is 388 g/mol. The summed E-state index contributed by atoms with van der Waals surface area (Å²) in [4.78, 5) is 35.9. The normalized spacial score (nSPS) is 12.8. The molecule has 2 amide bonds. The Morgan fingerprint density at radius 2 is 1.82 bits per heavy atom. The van der Waals surface area contributed by atoms with Gasteiger partial charge in [-0.3, -0.25) is 14.4 Å². The van der Waals surface area contributed by atoms with Crippen LogP contribution in [0, 0.1) is 5.82 Å². The van der Waals surface area contributed by atoms with Crippen LogP contribution in [0.5, 0.6) is 11.5 Å². The lowest BCUT2D eigenvalue weighted by atomic mass is 10.2. The van der Waals surface area contributed by atoms with Gasteiger partial charge in [0.05, 0.1) is 0 Å². The zero-order valence-corrected chi connectivity index (χ0v) is 14.9. The summed E-state index contributed by atoms with van der Waals surface area (Å²) in [7, 11) is 0. The number of esters is 1. The van der Waals surface area contributed by atoms with E-state index in [1.165, 1.54) is 19.1 Å². The highest BCUT2D eigenvalue weighted by Crippen LogP contribution is 2.34. The lowest BCUT2D eigenvalue weighted by Crippen LogP contribution is -2.35. The van der Waals surface area contributed by atoms with E-state index >= 15 is 0 Å². The molecule has 2 aromatic carbocycles. The molecule has 8 nitrogen and oxygen atoms in total.